The highest BCUT2D eigenvalue weighted by Crippen LogP contribution is 2.20. The van der Waals surface area contributed by atoms with Crippen LogP contribution < -0.4 is 0 Å². The molecule has 0 aromatic rings. The molecule has 0 bridgehead atoms. The Labute approximate surface area is 126 Å². The number of esters is 2. The first-order chi connectivity index (χ1) is 10.1. The summed E-state index contributed by atoms with van der Waals surface area (Å²) in [5.74, 6) is -0.685. The van der Waals surface area contributed by atoms with Crippen molar-refractivity contribution >= 4 is 11.9 Å². The summed E-state index contributed by atoms with van der Waals surface area (Å²) in [6.45, 7) is 7.10. The van der Waals surface area contributed by atoms with Crippen molar-refractivity contribution in [2.75, 3.05) is 13.2 Å². The molecule has 1 aliphatic rings. The van der Waals surface area contributed by atoms with Crippen molar-refractivity contribution in [2.45, 2.75) is 51.0 Å². The van der Waals surface area contributed by atoms with Crippen molar-refractivity contribution in [1.29, 1.82) is 0 Å². The molecule has 0 aromatic heterocycles. The molecule has 0 radical (unpaired) electrons. The topological polar surface area (TPSA) is 72.8 Å². The summed E-state index contributed by atoms with van der Waals surface area (Å²) >= 11 is 0. The van der Waals surface area contributed by atoms with E-state index in [4.69, 9.17) is 9.84 Å². The van der Waals surface area contributed by atoms with Crippen LogP contribution in [0.25, 0.3) is 0 Å². The molecule has 21 heavy (non-hydrogen) atoms. The van der Waals surface area contributed by atoms with Crippen molar-refractivity contribution in [3.05, 3.63) is 25.3 Å². The third kappa shape index (κ3) is 11.9. The van der Waals surface area contributed by atoms with Crippen LogP contribution in [0.1, 0.15) is 44.9 Å². The minimum absolute atomic E-state index is 0.144. The van der Waals surface area contributed by atoms with Gasteiger partial charge in [0.2, 0.25) is 0 Å². The van der Waals surface area contributed by atoms with Crippen molar-refractivity contribution in [3.63, 3.8) is 0 Å². The highest BCUT2D eigenvalue weighted by atomic mass is 16.5. The van der Waals surface area contributed by atoms with E-state index in [2.05, 4.69) is 17.9 Å². The van der Waals surface area contributed by atoms with Crippen LogP contribution in [-0.2, 0) is 19.1 Å². The van der Waals surface area contributed by atoms with Gasteiger partial charge in [0.1, 0.15) is 6.10 Å². The number of aliphatic hydroxyl groups excluding tert-OH is 1. The predicted octanol–water partition coefficient (Wildman–Crippen LogP) is 2.54. The molecule has 5 nitrogen and oxygen atoms in total. The van der Waals surface area contributed by atoms with E-state index in [1.807, 2.05) is 0 Å². The smallest absolute Gasteiger partial charge is 0.330 e. The number of aliphatic hydroxyl groups is 1. The van der Waals surface area contributed by atoms with Crippen LogP contribution in [-0.4, -0.2) is 36.4 Å². The molecule has 1 saturated carbocycles. The first kappa shape index (κ1) is 19.4. The van der Waals surface area contributed by atoms with Gasteiger partial charge in [-0.1, -0.05) is 19.6 Å². The van der Waals surface area contributed by atoms with Crippen LogP contribution in [0.15, 0.2) is 25.3 Å². The maximum Gasteiger partial charge on any atom is 0.330 e. The minimum atomic E-state index is -0.405. The van der Waals surface area contributed by atoms with E-state index >= 15 is 0 Å². The summed E-state index contributed by atoms with van der Waals surface area (Å²) in [6.07, 6.45) is 9.61. The molecule has 1 fully saturated rings. The molecular weight excluding hydrogens is 272 g/mol. The number of hydrogen-bond donors (Lipinski definition) is 1. The van der Waals surface area contributed by atoms with E-state index in [1.54, 1.807) is 0 Å². The lowest BCUT2D eigenvalue weighted by molar-refractivity contribution is -0.144. The van der Waals surface area contributed by atoms with E-state index < -0.39 is 5.97 Å². The molecule has 0 aliphatic heterocycles. The Morgan fingerprint density at radius 1 is 1.05 bits per heavy atom. The molecule has 0 aromatic carbocycles. The van der Waals surface area contributed by atoms with Gasteiger partial charge < -0.3 is 14.6 Å². The first-order valence-corrected chi connectivity index (χ1v) is 7.37. The van der Waals surface area contributed by atoms with Crippen LogP contribution >= 0.6 is 0 Å². The number of hydrogen-bond acceptors (Lipinski definition) is 5. The Hall–Kier alpha value is -1.62. The Balaban J connectivity index is 0.000000384. The number of carbonyl (C=O) groups is 2. The van der Waals surface area contributed by atoms with Gasteiger partial charge in [-0.2, -0.15) is 0 Å². The van der Waals surface area contributed by atoms with E-state index in [1.165, 1.54) is 25.3 Å². The molecule has 0 unspecified atom stereocenters. The van der Waals surface area contributed by atoms with Gasteiger partial charge in [0.15, 0.2) is 0 Å². The largest absolute Gasteiger partial charge is 0.463 e. The minimum Gasteiger partial charge on any atom is -0.463 e. The van der Waals surface area contributed by atoms with Gasteiger partial charge in [-0.05, 0) is 38.5 Å². The van der Waals surface area contributed by atoms with E-state index in [0.29, 0.717) is 19.4 Å². The van der Waals surface area contributed by atoms with E-state index in [9.17, 15) is 9.59 Å². The number of ether oxygens (including phenoxy) is 2. The molecule has 0 heterocycles. The average molecular weight is 298 g/mol. The summed E-state index contributed by atoms with van der Waals surface area (Å²) in [5, 5.41) is 8.33. The van der Waals surface area contributed by atoms with Gasteiger partial charge in [-0.15, -0.1) is 0 Å². The molecule has 0 atom stereocenters. The van der Waals surface area contributed by atoms with E-state index in [0.717, 1.165) is 18.9 Å². The Morgan fingerprint density at radius 3 is 2.19 bits per heavy atom. The number of carbonyl (C=O) groups excluding carboxylic acids is 2. The number of rotatable bonds is 7. The molecule has 5 heteroatoms. The van der Waals surface area contributed by atoms with Gasteiger partial charge >= 0.3 is 11.9 Å². The third-order valence-electron chi connectivity index (χ3n) is 2.97. The van der Waals surface area contributed by atoms with Crippen LogP contribution in [0.3, 0.4) is 0 Å². The lowest BCUT2D eigenvalue weighted by atomic mass is 9.98. The summed E-state index contributed by atoms with van der Waals surface area (Å²) in [5.41, 5.74) is 0. The molecule has 0 saturated heterocycles. The van der Waals surface area contributed by atoms with Gasteiger partial charge in [0, 0.05) is 18.8 Å². The molecule has 0 amide bonds. The zero-order valence-electron chi connectivity index (χ0n) is 12.6. The molecule has 1 aliphatic carbocycles. The second kappa shape index (κ2) is 13.4. The Kier molecular flexibility index (Phi) is 12.3. The monoisotopic (exact) mass is 298 g/mol. The van der Waals surface area contributed by atoms with Crippen molar-refractivity contribution < 1.29 is 24.2 Å². The average Bonchev–Trinajstić information content (AvgIpc) is 2.52. The second-order valence-corrected chi connectivity index (χ2v) is 4.70. The lowest BCUT2D eigenvalue weighted by Gasteiger charge is -2.20. The zero-order chi connectivity index (χ0) is 15.9. The summed E-state index contributed by atoms with van der Waals surface area (Å²) < 4.78 is 9.71. The van der Waals surface area contributed by atoms with Gasteiger partial charge in [0.25, 0.3) is 0 Å². The van der Waals surface area contributed by atoms with Gasteiger partial charge in [-0.3, -0.25) is 0 Å². The van der Waals surface area contributed by atoms with Gasteiger partial charge in [-0.25, -0.2) is 9.59 Å². The van der Waals surface area contributed by atoms with E-state index in [-0.39, 0.29) is 18.7 Å². The van der Waals surface area contributed by atoms with Crippen LogP contribution in [0.2, 0.25) is 0 Å². The lowest BCUT2D eigenvalue weighted by Crippen LogP contribution is -2.19. The summed E-state index contributed by atoms with van der Waals surface area (Å²) in [4.78, 5) is 21.1. The van der Waals surface area contributed by atoms with Crippen LogP contribution in [0, 0.1) is 0 Å². The maximum absolute atomic E-state index is 10.7. The standard InChI is InChI=1S/C9H14O2.C7H12O3/c1-2-9(10)11-8-6-4-3-5-7-8;1-2-7(9)10-6-4-3-5-8/h2,8H,1,3-7H2;2,8H,1,3-6H2. The fourth-order valence-corrected chi connectivity index (χ4v) is 1.84. The Bertz CT molecular complexity index is 319. The molecule has 1 rings (SSSR count). The molecule has 0 spiro atoms. The SMILES string of the molecule is C=CC(=O)OC1CCCCC1.C=CC(=O)OCCCCO. The van der Waals surface area contributed by atoms with Crippen molar-refractivity contribution in [3.8, 4) is 0 Å². The van der Waals surface area contributed by atoms with Crippen molar-refractivity contribution in [1.82, 2.24) is 0 Å². The maximum atomic E-state index is 10.7. The highest BCUT2D eigenvalue weighted by molar-refractivity contribution is 5.81. The molecular formula is C16H26O5. The number of unbranched alkanes of at least 4 members (excludes halogenated alkanes) is 1. The summed E-state index contributed by atoms with van der Waals surface area (Å²) in [7, 11) is 0. The highest BCUT2D eigenvalue weighted by Gasteiger charge is 2.15. The van der Waals surface area contributed by atoms with Crippen LogP contribution in [0.4, 0.5) is 0 Å². The van der Waals surface area contributed by atoms with Gasteiger partial charge in [0.05, 0.1) is 6.61 Å². The van der Waals surface area contributed by atoms with Crippen LogP contribution in [0.5, 0.6) is 0 Å². The van der Waals surface area contributed by atoms with Crippen molar-refractivity contribution in [2.24, 2.45) is 0 Å². The molecule has 1 N–H and O–H groups in total. The fraction of sp³-hybridized carbons (Fsp3) is 0.625. The predicted molar refractivity (Wildman–Crippen MR) is 80.6 cm³/mol. The fourth-order valence-electron chi connectivity index (χ4n) is 1.84. The first-order valence-electron chi connectivity index (χ1n) is 7.37. The molecule has 120 valence electrons. The third-order valence-corrected chi connectivity index (χ3v) is 2.97. The second-order valence-electron chi connectivity index (χ2n) is 4.70. The quantitative estimate of drug-likeness (QED) is 0.444. The summed E-state index contributed by atoms with van der Waals surface area (Å²) in [6, 6.07) is 0. The normalized spacial score (nSPS) is 14.3. The zero-order valence-corrected chi connectivity index (χ0v) is 12.6. The Morgan fingerprint density at radius 2 is 1.67 bits per heavy atom.